The summed E-state index contributed by atoms with van der Waals surface area (Å²) in [5, 5.41) is 12.6. The first kappa shape index (κ1) is 18.3. The number of nitrogens with zero attached hydrogens (tertiary/aromatic N) is 2. The number of rotatable bonds is 4. The average molecular weight is 379 g/mol. The monoisotopic (exact) mass is 379 g/mol. The van der Waals surface area contributed by atoms with Crippen LogP contribution >= 0.6 is 0 Å². The summed E-state index contributed by atoms with van der Waals surface area (Å²) in [6, 6.07) is 9.40. The van der Waals surface area contributed by atoms with Crippen LogP contribution in [-0.4, -0.2) is 41.4 Å². The number of fused-ring (bicyclic) bond motifs is 1. The lowest BCUT2D eigenvalue weighted by Gasteiger charge is -2.19. The van der Waals surface area contributed by atoms with Crippen molar-refractivity contribution in [1.82, 2.24) is 10.3 Å². The Labute approximate surface area is 162 Å². The highest BCUT2D eigenvalue weighted by atomic mass is 16.4. The van der Waals surface area contributed by atoms with Crippen LogP contribution in [0.5, 0.6) is 0 Å². The van der Waals surface area contributed by atoms with Crippen LogP contribution in [0.4, 0.5) is 5.69 Å². The second-order valence-corrected chi connectivity index (χ2v) is 7.46. The van der Waals surface area contributed by atoms with E-state index in [1.165, 1.54) is 6.07 Å². The van der Waals surface area contributed by atoms with Gasteiger partial charge in [-0.25, -0.2) is 10.1 Å². The van der Waals surface area contributed by atoms with E-state index < -0.39 is 11.5 Å². The van der Waals surface area contributed by atoms with E-state index in [0.29, 0.717) is 18.0 Å². The van der Waals surface area contributed by atoms with Crippen LogP contribution in [-0.2, 0) is 6.42 Å². The molecule has 2 aliphatic rings. The number of carboxylic acid groups (broad SMARTS) is 1. The van der Waals surface area contributed by atoms with Gasteiger partial charge in [0.25, 0.3) is 12.1 Å². The molecule has 3 heterocycles. The lowest BCUT2D eigenvalue weighted by Crippen LogP contribution is -2.43. The zero-order chi connectivity index (χ0) is 19.9. The SMILES string of the molecule is C#[N+]C12CN(c3ccc(-c4[nH]c(=O)c(C(=O)O)cc4CC)cc3)CC1CCN2. The average Bonchev–Trinajstić information content (AvgIpc) is 3.25. The normalized spacial score (nSPS) is 23.4. The Balaban J connectivity index is 1.63. The highest BCUT2D eigenvalue weighted by Gasteiger charge is 2.58. The van der Waals surface area contributed by atoms with E-state index in [2.05, 4.69) is 20.0 Å². The van der Waals surface area contributed by atoms with Gasteiger partial charge in [-0.1, -0.05) is 23.9 Å². The van der Waals surface area contributed by atoms with Crippen molar-refractivity contribution >= 4 is 11.7 Å². The number of hydrogen-bond acceptors (Lipinski definition) is 4. The lowest BCUT2D eigenvalue weighted by molar-refractivity contribution is 0.0695. The molecule has 3 N–H and O–H groups in total. The number of aryl methyl sites for hydroxylation is 1. The van der Waals surface area contributed by atoms with Crippen LogP contribution in [0, 0.1) is 12.5 Å². The number of pyridine rings is 1. The maximum Gasteiger partial charge on any atom is 0.356 e. The number of carbonyl (C=O) groups is 1. The molecule has 0 spiro atoms. The van der Waals surface area contributed by atoms with E-state index in [1.54, 1.807) is 0 Å². The molecule has 0 bridgehead atoms. The number of H-pyrrole nitrogens is 1. The highest BCUT2D eigenvalue weighted by molar-refractivity contribution is 5.88. The summed E-state index contributed by atoms with van der Waals surface area (Å²) in [7, 11) is 0. The largest absolute Gasteiger partial charge is 0.477 e. The lowest BCUT2D eigenvalue weighted by atomic mass is 9.99. The number of nitrogens with one attached hydrogen (secondary N) is 2. The van der Waals surface area contributed by atoms with Crippen molar-refractivity contribution < 1.29 is 9.90 Å². The summed E-state index contributed by atoms with van der Waals surface area (Å²) in [5.41, 5.74) is 2.21. The minimum atomic E-state index is -1.22. The molecule has 144 valence electrons. The number of aromatic nitrogens is 1. The third-order valence-electron chi connectivity index (χ3n) is 5.96. The third kappa shape index (κ3) is 2.86. The molecular weight excluding hydrogens is 356 g/mol. The fourth-order valence-corrected chi connectivity index (χ4v) is 4.39. The van der Waals surface area contributed by atoms with Gasteiger partial charge in [0, 0.05) is 18.8 Å². The van der Waals surface area contributed by atoms with Gasteiger partial charge in [0.2, 0.25) is 0 Å². The molecule has 7 nitrogen and oxygen atoms in total. The molecule has 0 aliphatic carbocycles. The van der Waals surface area contributed by atoms with Crippen LogP contribution in [0.15, 0.2) is 35.1 Å². The second kappa shape index (κ2) is 6.80. The molecule has 7 heteroatoms. The topological polar surface area (TPSA) is 89.8 Å². The van der Waals surface area contributed by atoms with Gasteiger partial charge in [-0.3, -0.25) is 4.79 Å². The summed E-state index contributed by atoms with van der Waals surface area (Å²) in [5.74, 6) is -0.811. The van der Waals surface area contributed by atoms with Crippen LogP contribution in [0.25, 0.3) is 16.1 Å². The van der Waals surface area contributed by atoms with Gasteiger partial charge in [0.05, 0.1) is 11.6 Å². The Bertz CT molecular complexity index is 1020. The van der Waals surface area contributed by atoms with Crippen molar-refractivity contribution in [2.45, 2.75) is 25.4 Å². The van der Waals surface area contributed by atoms with Gasteiger partial charge >= 0.3 is 11.6 Å². The number of carboxylic acids is 1. The van der Waals surface area contributed by atoms with Gasteiger partial charge in [0.1, 0.15) is 12.1 Å². The Morgan fingerprint density at radius 2 is 2.14 bits per heavy atom. The zero-order valence-electron chi connectivity index (χ0n) is 15.7. The van der Waals surface area contributed by atoms with E-state index in [9.17, 15) is 9.59 Å². The molecule has 2 saturated heterocycles. The molecule has 2 atom stereocenters. The number of aromatic amines is 1. The fraction of sp³-hybridized carbons (Fsp3) is 0.381. The molecular formula is C21H23N4O3+. The quantitative estimate of drug-likeness (QED) is 0.759. The van der Waals surface area contributed by atoms with Gasteiger partial charge < -0.3 is 15.0 Å². The van der Waals surface area contributed by atoms with E-state index in [4.69, 9.17) is 11.7 Å². The summed E-state index contributed by atoms with van der Waals surface area (Å²) in [4.78, 5) is 32.5. The fourth-order valence-electron chi connectivity index (χ4n) is 4.39. The van der Waals surface area contributed by atoms with E-state index in [1.807, 2.05) is 31.2 Å². The van der Waals surface area contributed by atoms with Crippen LogP contribution in [0.2, 0.25) is 0 Å². The van der Waals surface area contributed by atoms with Crippen molar-refractivity contribution in [3.63, 3.8) is 0 Å². The molecule has 28 heavy (non-hydrogen) atoms. The smallest absolute Gasteiger partial charge is 0.356 e. The van der Waals surface area contributed by atoms with Crippen molar-refractivity contribution in [3.8, 4) is 17.8 Å². The predicted molar refractivity (Wildman–Crippen MR) is 108 cm³/mol. The predicted octanol–water partition coefficient (Wildman–Crippen LogP) is 2.39. The first-order chi connectivity index (χ1) is 13.5. The minimum Gasteiger partial charge on any atom is -0.477 e. The number of anilines is 1. The van der Waals surface area contributed by atoms with Crippen molar-refractivity contribution in [2.75, 3.05) is 24.5 Å². The maximum atomic E-state index is 12.1. The van der Waals surface area contributed by atoms with Gasteiger partial charge in [-0.05, 0) is 42.2 Å². The van der Waals surface area contributed by atoms with E-state index >= 15 is 0 Å². The van der Waals surface area contributed by atoms with Crippen LogP contribution in [0.1, 0.15) is 29.3 Å². The van der Waals surface area contributed by atoms with E-state index in [-0.39, 0.29) is 11.2 Å². The Morgan fingerprint density at radius 1 is 1.39 bits per heavy atom. The van der Waals surface area contributed by atoms with Crippen molar-refractivity contribution in [1.29, 1.82) is 0 Å². The minimum absolute atomic E-state index is 0.232. The molecule has 2 aromatic rings. The molecule has 0 amide bonds. The Hall–Kier alpha value is -3.11. The Kier molecular flexibility index (Phi) is 4.44. The number of benzene rings is 1. The van der Waals surface area contributed by atoms with Crippen LogP contribution in [0.3, 0.4) is 0 Å². The summed E-state index contributed by atoms with van der Waals surface area (Å²) in [6.45, 7) is 10.2. The second-order valence-electron chi connectivity index (χ2n) is 7.46. The van der Waals surface area contributed by atoms with Gasteiger partial charge in [0.15, 0.2) is 0 Å². The molecule has 0 radical (unpaired) electrons. The van der Waals surface area contributed by atoms with Gasteiger partial charge in [-0.2, -0.15) is 0 Å². The molecule has 1 aromatic heterocycles. The molecule has 0 saturated carbocycles. The highest BCUT2D eigenvalue weighted by Crippen LogP contribution is 2.38. The van der Waals surface area contributed by atoms with Gasteiger partial charge in [-0.15, -0.1) is 0 Å². The third-order valence-corrected chi connectivity index (χ3v) is 5.96. The first-order valence-corrected chi connectivity index (χ1v) is 9.49. The number of hydrogen-bond donors (Lipinski definition) is 3. The summed E-state index contributed by atoms with van der Waals surface area (Å²) in [6.07, 6.45) is 1.68. The van der Waals surface area contributed by atoms with E-state index in [0.717, 1.165) is 42.9 Å². The van der Waals surface area contributed by atoms with Crippen molar-refractivity contribution in [3.05, 3.63) is 56.7 Å². The molecule has 1 aromatic carbocycles. The molecule has 2 fully saturated rings. The van der Waals surface area contributed by atoms with Crippen LogP contribution < -0.4 is 15.8 Å². The van der Waals surface area contributed by atoms with Crippen molar-refractivity contribution in [2.24, 2.45) is 5.92 Å². The number of aromatic carboxylic acids is 1. The zero-order valence-corrected chi connectivity index (χ0v) is 15.7. The summed E-state index contributed by atoms with van der Waals surface area (Å²) < 4.78 is 0. The maximum absolute atomic E-state index is 12.1. The standard InChI is InChI=1S/C21H22N4O3/c1-3-13-10-17(20(27)28)19(26)24-18(13)14-4-6-16(7-5-14)25-11-15-8-9-23-21(15,12-25)22-2/h2,4-7,10,15,23H,3,8-9,11-12H2,1H3,(H-,24,26,27,28)/p+1. The molecule has 2 unspecified atom stereocenters. The summed E-state index contributed by atoms with van der Waals surface area (Å²) >= 11 is 0. The molecule has 4 rings (SSSR count). The first-order valence-electron chi connectivity index (χ1n) is 9.49. The Morgan fingerprint density at radius 3 is 2.75 bits per heavy atom. The molecule has 2 aliphatic heterocycles.